The van der Waals surface area contributed by atoms with Crippen molar-refractivity contribution in [1.29, 1.82) is 0 Å². The van der Waals surface area contributed by atoms with Crippen molar-refractivity contribution in [3.63, 3.8) is 0 Å². The molecule has 0 aromatic heterocycles. The van der Waals surface area contributed by atoms with E-state index in [1.54, 1.807) is 7.11 Å². The van der Waals surface area contributed by atoms with Gasteiger partial charge >= 0.3 is 11.9 Å². The molecule has 1 aromatic carbocycles. The van der Waals surface area contributed by atoms with Gasteiger partial charge in [-0.2, -0.15) is 0 Å². The Hall–Kier alpha value is -2.30. The van der Waals surface area contributed by atoms with Gasteiger partial charge in [0, 0.05) is 5.92 Å². The molecule has 1 unspecified atom stereocenters. The van der Waals surface area contributed by atoms with Crippen LogP contribution in [0.15, 0.2) is 35.4 Å². The first-order chi connectivity index (χ1) is 13.3. The van der Waals surface area contributed by atoms with E-state index >= 15 is 0 Å². The third-order valence-corrected chi connectivity index (χ3v) is 6.45. The van der Waals surface area contributed by atoms with Crippen molar-refractivity contribution in [3.8, 4) is 5.75 Å². The summed E-state index contributed by atoms with van der Waals surface area (Å²) in [6, 6.07) is 7.59. The topological polar surface area (TPSA) is 61.8 Å². The second-order valence-corrected chi connectivity index (χ2v) is 8.71. The van der Waals surface area contributed by atoms with Crippen LogP contribution in [0.2, 0.25) is 0 Å². The molecule has 2 aliphatic rings. The summed E-state index contributed by atoms with van der Waals surface area (Å²) in [5.41, 5.74) is 2.34. The van der Waals surface area contributed by atoms with Gasteiger partial charge in [-0.25, -0.2) is 0 Å². The molecule has 2 aliphatic carbocycles. The molecule has 0 bridgehead atoms. The van der Waals surface area contributed by atoms with Gasteiger partial charge in [0.1, 0.15) is 5.75 Å². The predicted molar refractivity (Wildman–Crippen MR) is 106 cm³/mol. The van der Waals surface area contributed by atoms with Crippen LogP contribution in [0.5, 0.6) is 5.75 Å². The normalized spacial score (nSPS) is 22.8. The molecule has 0 fully saturated rings. The van der Waals surface area contributed by atoms with Crippen LogP contribution in [0.4, 0.5) is 0 Å². The Bertz CT molecular complexity index is 772. The Morgan fingerprint density at radius 1 is 0.929 bits per heavy atom. The summed E-state index contributed by atoms with van der Waals surface area (Å²) in [6.45, 7) is 4.48. The highest BCUT2D eigenvalue weighted by molar-refractivity contribution is 6.02. The Balaban J connectivity index is 2.13. The van der Waals surface area contributed by atoms with E-state index in [2.05, 4.69) is 13.8 Å². The molecule has 0 N–H and O–H groups in total. The van der Waals surface area contributed by atoms with Gasteiger partial charge in [0.2, 0.25) is 0 Å². The molecule has 0 heterocycles. The fourth-order valence-corrected chi connectivity index (χ4v) is 4.89. The number of allylic oxidation sites excluding steroid dienone is 2. The summed E-state index contributed by atoms with van der Waals surface area (Å²) >= 11 is 0. The van der Waals surface area contributed by atoms with Crippen molar-refractivity contribution in [2.75, 3.05) is 21.3 Å². The molecule has 5 heteroatoms. The fraction of sp³-hybridized carbons (Fsp3) is 0.565. The number of rotatable bonds is 4. The third-order valence-electron chi connectivity index (χ3n) is 6.45. The van der Waals surface area contributed by atoms with Crippen LogP contribution in [0.25, 0.3) is 0 Å². The predicted octanol–water partition coefficient (Wildman–Crippen LogP) is 4.41. The molecule has 0 spiro atoms. The maximum atomic E-state index is 13.1. The molecular weight excluding hydrogens is 356 g/mol. The number of ether oxygens (including phenoxy) is 3. The van der Waals surface area contributed by atoms with E-state index in [0.29, 0.717) is 12.8 Å². The molecule has 0 saturated heterocycles. The largest absolute Gasteiger partial charge is 0.497 e. The Morgan fingerprint density at radius 3 is 2.07 bits per heavy atom. The highest BCUT2D eigenvalue weighted by atomic mass is 16.5. The van der Waals surface area contributed by atoms with E-state index in [4.69, 9.17) is 14.2 Å². The van der Waals surface area contributed by atoms with E-state index < -0.39 is 17.4 Å². The highest BCUT2D eigenvalue weighted by Gasteiger charge is 2.58. The second-order valence-electron chi connectivity index (χ2n) is 8.71. The summed E-state index contributed by atoms with van der Waals surface area (Å²) in [4.78, 5) is 26.1. The van der Waals surface area contributed by atoms with E-state index in [1.807, 2.05) is 24.3 Å². The Morgan fingerprint density at radius 2 is 1.54 bits per heavy atom. The molecule has 28 heavy (non-hydrogen) atoms. The number of benzene rings is 1. The van der Waals surface area contributed by atoms with E-state index in [9.17, 15) is 9.59 Å². The van der Waals surface area contributed by atoms with Crippen molar-refractivity contribution in [2.45, 2.75) is 51.9 Å². The van der Waals surface area contributed by atoms with Crippen molar-refractivity contribution >= 4 is 11.9 Å². The summed E-state index contributed by atoms with van der Waals surface area (Å²) < 4.78 is 15.6. The zero-order valence-corrected chi connectivity index (χ0v) is 17.5. The van der Waals surface area contributed by atoms with E-state index in [1.165, 1.54) is 25.4 Å². The first kappa shape index (κ1) is 20.4. The molecule has 3 rings (SSSR count). The summed E-state index contributed by atoms with van der Waals surface area (Å²) in [5, 5.41) is 0. The molecule has 0 amide bonds. The van der Waals surface area contributed by atoms with Crippen molar-refractivity contribution in [1.82, 2.24) is 0 Å². The van der Waals surface area contributed by atoms with Gasteiger partial charge in [0.05, 0.1) is 21.3 Å². The van der Waals surface area contributed by atoms with Crippen LogP contribution in [0, 0.1) is 10.8 Å². The zero-order valence-electron chi connectivity index (χ0n) is 17.5. The average Bonchev–Trinajstić information content (AvgIpc) is 2.70. The Labute approximate surface area is 167 Å². The first-order valence-corrected chi connectivity index (χ1v) is 9.78. The zero-order chi connectivity index (χ0) is 20.5. The van der Waals surface area contributed by atoms with Crippen LogP contribution >= 0.6 is 0 Å². The van der Waals surface area contributed by atoms with Gasteiger partial charge in [-0.05, 0) is 55.2 Å². The van der Waals surface area contributed by atoms with Crippen molar-refractivity contribution in [3.05, 3.63) is 41.0 Å². The third kappa shape index (κ3) is 3.43. The standard InChI is InChI=1S/C23H30O5/c1-22(2)11-10-16-12-19(15-6-8-18(26-3)9-7-15)23(20(24)27-4,21(25)28-5)14-17(16)13-22/h6-9,19H,10-14H2,1-5H3. The van der Waals surface area contributed by atoms with Crippen LogP contribution in [-0.4, -0.2) is 33.3 Å². The lowest BCUT2D eigenvalue weighted by Crippen LogP contribution is -2.49. The van der Waals surface area contributed by atoms with Crippen LogP contribution in [0.1, 0.15) is 57.4 Å². The molecule has 152 valence electrons. The van der Waals surface area contributed by atoms with Crippen molar-refractivity contribution < 1.29 is 23.8 Å². The quantitative estimate of drug-likeness (QED) is 0.436. The molecule has 0 aliphatic heterocycles. The second kappa shape index (κ2) is 7.61. The van der Waals surface area contributed by atoms with Gasteiger partial charge in [0.25, 0.3) is 0 Å². The van der Waals surface area contributed by atoms with Crippen LogP contribution in [0.3, 0.4) is 0 Å². The number of carbonyl (C=O) groups is 2. The molecule has 0 saturated carbocycles. The van der Waals surface area contributed by atoms with E-state index in [0.717, 1.165) is 30.6 Å². The lowest BCUT2D eigenvalue weighted by Gasteiger charge is -2.45. The van der Waals surface area contributed by atoms with Gasteiger partial charge in [-0.1, -0.05) is 37.1 Å². The first-order valence-electron chi connectivity index (χ1n) is 9.78. The van der Waals surface area contributed by atoms with Crippen LogP contribution < -0.4 is 4.74 Å². The molecular formula is C23H30O5. The van der Waals surface area contributed by atoms with Crippen molar-refractivity contribution in [2.24, 2.45) is 10.8 Å². The smallest absolute Gasteiger partial charge is 0.324 e. The lowest BCUT2D eigenvalue weighted by molar-refractivity contribution is -0.172. The van der Waals surface area contributed by atoms with Crippen LogP contribution in [-0.2, 0) is 19.1 Å². The Kier molecular flexibility index (Phi) is 5.55. The molecule has 5 nitrogen and oxygen atoms in total. The number of esters is 2. The fourth-order valence-electron chi connectivity index (χ4n) is 4.89. The number of methoxy groups -OCH3 is 3. The minimum atomic E-state index is -1.36. The minimum absolute atomic E-state index is 0.170. The monoisotopic (exact) mass is 386 g/mol. The number of hydrogen-bond acceptors (Lipinski definition) is 5. The van der Waals surface area contributed by atoms with Gasteiger partial charge in [0.15, 0.2) is 5.41 Å². The number of carbonyl (C=O) groups excluding carboxylic acids is 2. The number of hydrogen-bond donors (Lipinski definition) is 0. The summed E-state index contributed by atoms with van der Waals surface area (Å²) in [5.74, 6) is -0.621. The summed E-state index contributed by atoms with van der Waals surface area (Å²) in [6.07, 6.45) is 4.05. The molecule has 0 radical (unpaired) electrons. The lowest BCUT2D eigenvalue weighted by atomic mass is 9.57. The molecule has 1 aromatic rings. The minimum Gasteiger partial charge on any atom is -0.497 e. The maximum Gasteiger partial charge on any atom is 0.324 e. The molecule has 1 atom stereocenters. The highest BCUT2D eigenvalue weighted by Crippen LogP contribution is 2.56. The summed E-state index contributed by atoms with van der Waals surface area (Å²) in [7, 11) is 4.29. The van der Waals surface area contributed by atoms with E-state index in [-0.39, 0.29) is 11.3 Å². The van der Waals surface area contributed by atoms with Gasteiger partial charge in [-0.3, -0.25) is 9.59 Å². The average molecular weight is 386 g/mol. The van der Waals surface area contributed by atoms with Gasteiger partial charge < -0.3 is 14.2 Å². The SMILES string of the molecule is COC(=O)C1(C(=O)OC)CC2=C(CCC(C)(C)C2)CC1c1ccc(OC)cc1. The van der Waals surface area contributed by atoms with Gasteiger partial charge in [-0.15, -0.1) is 0 Å². The maximum absolute atomic E-state index is 13.1.